The second-order valence-electron chi connectivity index (χ2n) is 4.59. The molecule has 0 aliphatic carbocycles. The summed E-state index contributed by atoms with van der Waals surface area (Å²) in [5, 5.41) is 8.83. The summed E-state index contributed by atoms with van der Waals surface area (Å²) in [6.07, 6.45) is 7.84. The second-order valence-corrected chi connectivity index (χ2v) is 4.59. The molecule has 0 aliphatic rings. The van der Waals surface area contributed by atoms with Gasteiger partial charge in [0.05, 0.1) is 0 Å². The molecule has 0 saturated heterocycles. The highest BCUT2D eigenvalue weighted by Gasteiger charge is 2.07. The minimum Gasteiger partial charge on any atom is -0.476 e. The molecule has 0 unspecified atom stereocenters. The highest BCUT2D eigenvalue weighted by Crippen LogP contribution is 2.13. The Morgan fingerprint density at radius 3 is 2.58 bits per heavy atom. The van der Waals surface area contributed by atoms with Crippen LogP contribution in [0.1, 0.15) is 42.2 Å². The lowest BCUT2D eigenvalue weighted by molar-refractivity contribution is 0.0691. The van der Waals surface area contributed by atoms with Crippen LogP contribution in [-0.2, 0) is 6.42 Å². The zero-order valence-corrected chi connectivity index (χ0v) is 11.0. The zero-order chi connectivity index (χ0) is 13.7. The Balaban J connectivity index is 2.06. The van der Waals surface area contributed by atoms with Gasteiger partial charge in [0.1, 0.15) is 6.33 Å². The molecule has 2 aromatic rings. The van der Waals surface area contributed by atoms with E-state index in [0.29, 0.717) is 0 Å². The molecule has 2 rings (SSSR count). The van der Waals surface area contributed by atoms with Gasteiger partial charge in [-0.25, -0.2) is 9.78 Å². The maximum absolute atomic E-state index is 10.8. The first kappa shape index (κ1) is 13.3. The summed E-state index contributed by atoms with van der Waals surface area (Å²) in [6, 6.07) is 8.17. The van der Waals surface area contributed by atoms with Gasteiger partial charge in [0.25, 0.3) is 0 Å². The number of hydrogen-bond acceptors (Lipinski definition) is 2. The van der Waals surface area contributed by atoms with Crippen molar-refractivity contribution in [2.24, 2.45) is 0 Å². The smallest absolute Gasteiger partial charge is 0.356 e. The van der Waals surface area contributed by atoms with Gasteiger partial charge >= 0.3 is 5.97 Å². The summed E-state index contributed by atoms with van der Waals surface area (Å²) in [6.45, 7) is 2.20. The van der Waals surface area contributed by atoms with Crippen molar-refractivity contribution in [3.8, 4) is 5.69 Å². The number of aromatic carboxylic acids is 1. The first-order chi connectivity index (χ1) is 9.20. The maximum atomic E-state index is 10.8. The predicted molar refractivity (Wildman–Crippen MR) is 73.8 cm³/mol. The number of rotatable bonds is 6. The van der Waals surface area contributed by atoms with Crippen molar-refractivity contribution in [3.05, 3.63) is 48.0 Å². The molecule has 0 aliphatic heterocycles. The lowest BCUT2D eigenvalue weighted by Crippen LogP contribution is -1.96. The number of benzene rings is 1. The van der Waals surface area contributed by atoms with Crippen LogP contribution in [0.15, 0.2) is 36.8 Å². The van der Waals surface area contributed by atoms with Gasteiger partial charge in [-0.1, -0.05) is 31.9 Å². The van der Waals surface area contributed by atoms with E-state index in [-0.39, 0.29) is 5.69 Å². The van der Waals surface area contributed by atoms with E-state index in [1.54, 1.807) is 4.57 Å². The minimum atomic E-state index is -1.00. The average Bonchev–Trinajstić information content (AvgIpc) is 2.90. The molecule has 0 saturated carbocycles. The molecule has 1 heterocycles. The Hall–Kier alpha value is -2.10. The molecule has 1 aromatic carbocycles. The van der Waals surface area contributed by atoms with Gasteiger partial charge in [-0.15, -0.1) is 0 Å². The number of aryl methyl sites for hydroxylation is 1. The molecule has 4 heteroatoms. The van der Waals surface area contributed by atoms with E-state index in [1.165, 1.54) is 37.4 Å². The molecule has 1 N–H and O–H groups in total. The van der Waals surface area contributed by atoms with E-state index >= 15 is 0 Å². The first-order valence-electron chi connectivity index (χ1n) is 6.57. The zero-order valence-electron chi connectivity index (χ0n) is 11.0. The van der Waals surface area contributed by atoms with Gasteiger partial charge < -0.3 is 9.67 Å². The van der Waals surface area contributed by atoms with Crippen LogP contribution in [0, 0.1) is 0 Å². The Morgan fingerprint density at radius 2 is 2.00 bits per heavy atom. The van der Waals surface area contributed by atoms with Gasteiger partial charge in [-0.2, -0.15) is 0 Å². The number of nitrogens with zero attached hydrogens (tertiary/aromatic N) is 2. The molecule has 0 spiro atoms. The maximum Gasteiger partial charge on any atom is 0.356 e. The number of carbonyl (C=O) groups is 1. The summed E-state index contributed by atoms with van der Waals surface area (Å²) < 4.78 is 1.72. The van der Waals surface area contributed by atoms with E-state index in [4.69, 9.17) is 5.11 Å². The third-order valence-corrected chi connectivity index (χ3v) is 3.11. The number of carboxylic acid groups (broad SMARTS) is 1. The Kier molecular flexibility index (Phi) is 4.34. The van der Waals surface area contributed by atoms with E-state index < -0.39 is 5.97 Å². The van der Waals surface area contributed by atoms with Crippen LogP contribution in [0.3, 0.4) is 0 Å². The van der Waals surface area contributed by atoms with E-state index in [2.05, 4.69) is 24.0 Å². The van der Waals surface area contributed by atoms with Crippen LogP contribution < -0.4 is 0 Å². The largest absolute Gasteiger partial charge is 0.476 e. The Bertz CT molecular complexity index is 544. The molecule has 0 atom stereocenters. The van der Waals surface area contributed by atoms with Gasteiger partial charge in [0.2, 0.25) is 0 Å². The predicted octanol–water partition coefficient (Wildman–Crippen LogP) is 3.30. The number of aromatic nitrogens is 2. The molecular weight excluding hydrogens is 240 g/mol. The van der Waals surface area contributed by atoms with Gasteiger partial charge in [-0.05, 0) is 30.5 Å². The number of hydrogen-bond donors (Lipinski definition) is 1. The van der Waals surface area contributed by atoms with Crippen molar-refractivity contribution in [2.75, 3.05) is 0 Å². The van der Waals surface area contributed by atoms with Crippen LogP contribution in [0.25, 0.3) is 5.69 Å². The number of unbranched alkanes of at least 4 members (excludes halogenated alkanes) is 2. The summed E-state index contributed by atoms with van der Waals surface area (Å²) >= 11 is 0. The third-order valence-electron chi connectivity index (χ3n) is 3.11. The fourth-order valence-corrected chi connectivity index (χ4v) is 1.99. The fourth-order valence-electron chi connectivity index (χ4n) is 1.99. The summed E-state index contributed by atoms with van der Waals surface area (Å²) in [4.78, 5) is 14.6. The fraction of sp³-hybridized carbons (Fsp3) is 0.333. The molecule has 0 amide bonds. The molecule has 0 bridgehead atoms. The highest BCUT2D eigenvalue weighted by molar-refractivity contribution is 5.85. The molecular formula is C15H18N2O2. The standard InChI is InChI=1S/C15H18N2O2/c1-2-3-4-5-12-6-8-13(9-7-12)17-10-14(15(18)19)16-11-17/h6-11H,2-5H2,1H3,(H,18,19). The van der Waals surface area contributed by atoms with Crippen molar-refractivity contribution in [1.82, 2.24) is 9.55 Å². The van der Waals surface area contributed by atoms with Crippen LogP contribution in [0.5, 0.6) is 0 Å². The van der Waals surface area contributed by atoms with Crippen LogP contribution in [-0.4, -0.2) is 20.6 Å². The molecule has 0 fully saturated rings. The Morgan fingerprint density at radius 1 is 1.26 bits per heavy atom. The lowest BCUT2D eigenvalue weighted by atomic mass is 10.1. The van der Waals surface area contributed by atoms with Gasteiger partial charge in [0.15, 0.2) is 5.69 Å². The van der Waals surface area contributed by atoms with Crippen molar-refractivity contribution in [1.29, 1.82) is 0 Å². The third kappa shape index (κ3) is 3.44. The van der Waals surface area contributed by atoms with Gasteiger partial charge in [-0.3, -0.25) is 0 Å². The second kappa shape index (κ2) is 6.18. The van der Waals surface area contributed by atoms with E-state index in [1.807, 2.05) is 12.1 Å². The molecule has 4 nitrogen and oxygen atoms in total. The quantitative estimate of drug-likeness (QED) is 0.809. The highest BCUT2D eigenvalue weighted by atomic mass is 16.4. The monoisotopic (exact) mass is 258 g/mol. The minimum absolute atomic E-state index is 0.0621. The molecule has 100 valence electrons. The van der Waals surface area contributed by atoms with Crippen LogP contribution in [0.4, 0.5) is 0 Å². The van der Waals surface area contributed by atoms with E-state index in [9.17, 15) is 4.79 Å². The van der Waals surface area contributed by atoms with Crippen molar-refractivity contribution < 1.29 is 9.90 Å². The first-order valence-corrected chi connectivity index (χ1v) is 6.57. The SMILES string of the molecule is CCCCCc1ccc(-n2cnc(C(=O)O)c2)cc1. The Labute approximate surface area is 112 Å². The topological polar surface area (TPSA) is 55.1 Å². The number of carboxylic acids is 1. The normalized spacial score (nSPS) is 10.6. The molecule has 19 heavy (non-hydrogen) atoms. The van der Waals surface area contributed by atoms with Crippen molar-refractivity contribution in [2.45, 2.75) is 32.6 Å². The summed E-state index contributed by atoms with van der Waals surface area (Å²) in [5.74, 6) is -1.00. The van der Waals surface area contributed by atoms with Crippen molar-refractivity contribution in [3.63, 3.8) is 0 Å². The van der Waals surface area contributed by atoms with Crippen molar-refractivity contribution >= 4 is 5.97 Å². The lowest BCUT2D eigenvalue weighted by Gasteiger charge is -2.04. The van der Waals surface area contributed by atoms with Gasteiger partial charge in [0, 0.05) is 11.9 Å². The summed E-state index contributed by atoms with van der Waals surface area (Å²) in [7, 11) is 0. The summed E-state index contributed by atoms with van der Waals surface area (Å²) in [5.41, 5.74) is 2.31. The number of imidazole rings is 1. The van der Waals surface area contributed by atoms with Crippen LogP contribution in [0.2, 0.25) is 0 Å². The van der Waals surface area contributed by atoms with E-state index in [0.717, 1.165) is 12.1 Å². The average molecular weight is 258 g/mol. The van der Waals surface area contributed by atoms with Crippen LogP contribution >= 0.6 is 0 Å². The molecule has 0 radical (unpaired) electrons. The molecule has 1 aromatic heterocycles.